The maximum atomic E-state index is 11.9. The Morgan fingerprint density at radius 3 is 2.87 bits per heavy atom. The Morgan fingerprint density at radius 1 is 1.60 bits per heavy atom. The highest BCUT2D eigenvalue weighted by atomic mass is 127. The Balaban J connectivity index is 2.87. The van der Waals surface area contributed by atoms with Crippen LogP contribution in [0.25, 0.3) is 0 Å². The summed E-state index contributed by atoms with van der Waals surface area (Å²) in [6.07, 6.45) is 0. The fraction of sp³-hybridized carbons (Fsp3) is 0.364. The minimum atomic E-state index is -0.00458. The largest absolute Gasteiger partial charge is 0.349 e. The molecule has 0 aromatic heterocycles. The van der Waals surface area contributed by atoms with Crippen molar-refractivity contribution in [1.29, 1.82) is 0 Å². The van der Waals surface area contributed by atoms with Crippen LogP contribution >= 0.6 is 38.5 Å². The van der Waals surface area contributed by atoms with Gasteiger partial charge in [0.15, 0.2) is 0 Å². The van der Waals surface area contributed by atoms with Crippen LogP contribution in [-0.2, 0) is 0 Å². The fourth-order valence-electron chi connectivity index (χ4n) is 1.16. The van der Waals surface area contributed by atoms with Crippen LogP contribution in [0.4, 0.5) is 0 Å². The summed E-state index contributed by atoms with van der Waals surface area (Å²) in [6.45, 7) is 3.97. The van der Waals surface area contributed by atoms with Crippen molar-refractivity contribution < 1.29 is 4.79 Å². The van der Waals surface area contributed by atoms with Crippen LogP contribution in [0.1, 0.15) is 22.8 Å². The van der Waals surface area contributed by atoms with E-state index in [0.717, 1.165) is 20.0 Å². The van der Waals surface area contributed by atoms with Gasteiger partial charge in [-0.1, -0.05) is 28.1 Å². The van der Waals surface area contributed by atoms with Crippen LogP contribution in [0.5, 0.6) is 0 Å². The predicted octanol–water partition coefficient (Wildman–Crippen LogP) is 3.11. The van der Waals surface area contributed by atoms with Gasteiger partial charge in [0.2, 0.25) is 0 Å². The molecule has 1 atom stereocenters. The first-order valence-electron chi connectivity index (χ1n) is 4.68. The van der Waals surface area contributed by atoms with E-state index in [1.54, 1.807) is 0 Å². The van der Waals surface area contributed by atoms with Crippen molar-refractivity contribution >= 4 is 44.4 Å². The lowest BCUT2D eigenvalue weighted by Gasteiger charge is -2.12. The number of hydrogen-bond donors (Lipinski definition) is 1. The number of rotatable bonds is 3. The summed E-state index contributed by atoms with van der Waals surface area (Å²) in [5, 5.41) is 3.69. The molecule has 1 unspecified atom stereocenters. The molecule has 0 saturated heterocycles. The van der Waals surface area contributed by atoms with Crippen molar-refractivity contribution in [3.05, 3.63) is 32.9 Å². The van der Waals surface area contributed by atoms with Crippen molar-refractivity contribution in [2.24, 2.45) is 0 Å². The third-order valence-corrected chi connectivity index (χ3v) is 4.45. The molecule has 0 spiro atoms. The lowest BCUT2D eigenvalue weighted by atomic mass is 10.1. The molecule has 1 aromatic rings. The van der Waals surface area contributed by atoms with Gasteiger partial charge in [0, 0.05) is 14.9 Å². The maximum Gasteiger partial charge on any atom is 0.252 e. The first-order chi connectivity index (χ1) is 7.06. The Kier molecular flexibility index (Phi) is 5.05. The monoisotopic (exact) mass is 381 g/mol. The third-order valence-electron chi connectivity index (χ3n) is 2.05. The Bertz CT molecular complexity index is 368. The number of aryl methyl sites for hydroxylation is 1. The van der Waals surface area contributed by atoms with E-state index in [1.807, 2.05) is 32.0 Å². The number of carbonyl (C=O) groups is 1. The van der Waals surface area contributed by atoms with Gasteiger partial charge >= 0.3 is 0 Å². The second-order valence-electron chi connectivity index (χ2n) is 3.47. The molecule has 0 aliphatic heterocycles. The molecule has 82 valence electrons. The van der Waals surface area contributed by atoms with Gasteiger partial charge < -0.3 is 5.32 Å². The predicted molar refractivity (Wildman–Crippen MR) is 74.6 cm³/mol. The van der Waals surface area contributed by atoms with Gasteiger partial charge in [-0.15, -0.1) is 0 Å². The summed E-state index contributed by atoms with van der Waals surface area (Å²) in [7, 11) is 0. The van der Waals surface area contributed by atoms with Crippen molar-refractivity contribution in [3.63, 3.8) is 0 Å². The first-order valence-corrected chi connectivity index (χ1v) is 6.88. The first kappa shape index (κ1) is 13.0. The molecule has 0 bridgehead atoms. The molecule has 0 radical (unpaired) electrons. The number of nitrogens with one attached hydrogen (secondary N) is 1. The highest BCUT2D eigenvalue weighted by molar-refractivity contribution is 14.1. The molecule has 0 fully saturated rings. The Labute approximate surface area is 112 Å². The summed E-state index contributed by atoms with van der Waals surface area (Å²) in [5.41, 5.74) is 1.89. The summed E-state index contributed by atoms with van der Waals surface area (Å²) in [5.74, 6) is -0.00458. The van der Waals surface area contributed by atoms with E-state index in [1.165, 1.54) is 0 Å². The van der Waals surface area contributed by atoms with Crippen LogP contribution in [0.15, 0.2) is 18.2 Å². The topological polar surface area (TPSA) is 29.1 Å². The summed E-state index contributed by atoms with van der Waals surface area (Å²) in [4.78, 5) is 11.9. The molecule has 4 heteroatoms. The van der Waals surface area contributed by atoms with Crippen molar-refractivity contribution in [2.75, 3.05) is 5.33 Å². The fourth-order valence-corrected chi connectivity index (χ4v) is 1.93. The van der Waals surface area contributed by atoms with E-state index in [9.17, 15) is 4.79 Å². The molecular formula is C11H13BrINO. The van der Waals surface area contributed by atoms with Crippen LogP contribution < -0.4 is 5.32 Å². The zero-order chi connectivity index (χ0) is 11.4. The third kappa shape index (κ3) is 3.45. The van der Waals surface area contributed by atoms with Gasteiger partial charge in [-0.05, 0) is 48.1 Å². The van der Waals surface area contributed by atoms with Gasteiger partial charge in [0.25, 0.3) is 5.91 Å². The number of hydrogen-bond acceptors (Lipinski definition) is 1. The van der Waals surface area contributed by atoms with Crippen molar-refractivity contribution in [2.45, 2.75) is 19.9 Å². The van der Waals surface area contributed by atoms with E-state index in [-0.39, 0.29) is 11.9 Å². The lowest BCUT2D eigenvalue weighted by molar-refractivity contribution is 0.0943. The average Bonchev–Trinajstić information content (AvgIpc) is 2.21. The molecule has 0 heterocycles. The van der Waals surface area contributed by atoms with Crippen LogP contribution in [0, 0.1) is 10.5 Å². The molecule has 1 amide bonds. The van der Waals surface area contributed by atoms with Gasteiger partial charge in [-0.3, -0.25) is 4.79 Å². The molecule has 0 aliphatic carbocycles. The minimum Gasteiger partial charge on any atom is -0.349 e. The molecule has 2 nitrogen and oxygen atoms in total. The SMILES string of the molecule is Cc1cccc(C(=O)NC(C)CBr)c1I. The quantitative estimate of drug-likeness (QED) is 0.632. The average molecular weight is 382 g/mol. The number of alkyl halides is 1. The van der Waals surface area contributed by atoms with Crippen LogP contribution in [0.3, 0.4) is 0 Å². The standard InChI is InChI=1S/C11H13BrINO/c1-7-4-3-5-9(10(7)13)11(15)14-8(2)6-12/h3-5,8H,6H2,1-2H3,(H,14,15). The highest BCUT2D eigenvalue weighted by Crippen LogP contribution is 2.16. The number of amides is 1. The van der Waals surface area contributed by atoms with Crippen molar-refractivity contribution in [1.82, 2.24) is 5.32 Å². The van der Waals surface area contributed by atoms with Crippen molar-refractivity contribution in [3.8, 4) is 0 Å². The maximum absolute atomic E-state index is 11.9. The molecule has 15 heavy (non-hydrogen) atoms. The Morgan fingerprint density at radius 2 is 2.27 bits per heavy atom. The Hall–Kier alpha value is -0.100. The molecular weight excluding hydrogens is 369 g/mol. The van der Waals surface area contributed by atoms with Gasteiger partial charge in [-0.25, -0.2) is 0 Å². The van der Waals surface area contributed by atoms with E-state index in [4.69, 9.17) is 0 Å². The van der Waals surface area contributed by atoms with E-state index < -0.39 is 0 Å². The second-order valence-corrected chi connectivity index (χ2v) is 5.19. The van der Waals surface area contributed by atoms with Gasteiger partial charge in [0.05, 0.1) is 5.56 Å². The number of halogens is 2. The molecule has 1 N–H and O–H groups in total. The van der Waals surface area contributed by atoms with Crippen LogP contribution in [-0.4, -0.2) is 17.3 Å². The number of benzene rings is 1. The smallest absolute Gasteiger partial charge is 0.252 e. The molecule has 0 aliphatic rings. The molecule has 1 aromatic carbocycles. The van der Waals surface area contributed by atoms with E-state index >= 15 is 0 Å². The minimum absolute atomic E-state index is 0.00458. The second kappa shape index (κ2) is 5.84. The summed E-state index contributed by atoms with van der Waals surface area (Å²) >= 11 is 5.54. The summed E-state index contributed by atoms with van der Waals surface area (Å²) in [6, 6.07) is 5.91. The zero-order valence-corrected chi connectivity index (χ0v) is 12.4. The van der Waals surface area contributed by atoms with E-state index in [0.29, 0.717) is 0 Å². The van der Waals surface area contributed by atoms with Gasteiger partial charge in [-0.2, -0.15) is 0 Å². The lowest BCUT2D eigenvalue weighted by Crippen LogP contribution is -2.34. The highest BCUT2D eigenvalue weighted by Gasteiger charge is 2.12. The van der Waals surface area contributed by atoms with Crippen LogP contribution in [0.2, 0.25) is 0 Å². The number of carbonyl (C=O) groups excluding carboxylic acids is 1. The summed E-state index contributed by atoms with van der Waals surface area (Å²) < 4.78 is 1.02. The normalized spacial score (nSPS) is 12.3. The van der Waals surface area contributed by atoms with E-state index in [2.05, 4.69) is 43.8 Å². The molecule has 1 rings (SSSR count). The van der Waals surface area contributed by atoms with Gasteiger partial charge in [0.1, 0.15) is 0 Å². The zero-order valence-electron chi connectivity index (χ0n) is 8.68. The molecule has 0 saturated carbocycles.